The molecule has 1 saturated heterocycles. The Bertz CT molecular complexity index is 332. The van der Waals surface area contributed by atoms with Crippen LogP contribution in [0, 0.1) is 23.7 Å². The molecule has 3 N–H and O–H groups in total. The predicted molar refractivity (Wildman–Crippen MR) is 83.4 cm³/mol. The van der Waals surface area contributed by atoms with E-state index in [2.05, 4.69) is 5.32 Å². The first kappa shape index (κ1) is 13.6. The lowest BCUT2D eigenvalue weighted by molar-refractivity contribution is 0.165. The van der Waals surface area contributed by atoms with Gasteiger partial charge in [-0.25, -0.2) is 0 Å². The van der Waals surface area contributed by atoms with Crippen molar-refractivity contribution in [3.63, 3.8) is 0 Å². The summed E-state index contributed by atoms with van der Waals surface area (Å²) in [5.74, 6) is 4.14. The molecule has 20 heavy (non-hydrogen) atoms. The van der Waals surface area contributed by atoms with Crippen LogP contribution in [0.5, 0.6) is 0 Å². The van der Waals surface area contributed by atoms with E-state index in [9.17, 15) is 0 Å². The molecule has 2 nitrogen and oxygen atoms in total. The smallest absolute Gasteiger partial charge is 0.0252 e. The van der Waals surface area contributed by atoms with Crippen molar-refractivity contribution in [2.24, 2.45) is 29.4 Å². The zero-order chi connectivity index (χ0) is 13.5. The first-order valence-corrected chi connectivity index (χ1v) is 9.31. The van der Waals surface area contributed by atoms with Crippen molar-refractivity contribution in [1.82, 2.24) is 5.32 Å². The molecule has 1 heterocycles. The largest absolute Gasteiger partial charge is 0.327 e. The minimum absolute atomic E-state index is 0.552. The van der Waals surface area contributed by atoms with E-state index >= 15 is 0 Å². The van der Waals surface area contributed by atoms with Crippen molar-refractivity contribution in [1.29, 1.82) is 0 Å². The Morgan fingerprint density at radius 2 is 1.45 bits per heavy atom. The SMILES string of the molecule is C1CC2CC(C1)C1NC1C2.NC1CCC2CCCC1C2. The topological polar surface area (TPSA) is 48.0 Å². The second-order valence-corrected chi connectivity index (χ2v) is 8.36. The average Bonchev–Trinajstić information content (AvgIpc) is 3.24. The van der Waals surface area contributed by atoms with E-state index in [0.717, 1.165) is 35.8 Å². The van der Waals surface area contributed by atoms with Crippen LogP contribution in [0.25, 0.3) is 0 Å². The molecule has 114 valence electrons. The molecule has 5 rings (SSSR count). The van der Waals surface area contributed by atoms with Gasteiger partial charge in [-0.3, -0.25) is 0 Å². The summed E-state index contributed by atoms with van der Waals surface area (Å²) in [5, 5.41) is 3.60. The molecule has 0 radical (unpaired) electrons. The molecule has 0 aromatic rings. The molecule has 0 aromatic heterocycles. The van der Waals surface area contributed by atoms with E-state index < -0.39 is 0 Å². The van der Waals surface area contributed by atoms with E-state index in [1.54, 1.807) is 6.42 Å². The number of nitrogens with two attached hydrogens (primary N) is 1. The lowest BCUT2D eigenvalue weighted by atomic mass is 9.70. The fraction of sp³-hybridized carbons (Fsp3) is 1.00. The van der Waals surface area contributed by atoms with Gasteiger partial charge in [0.15, 0.2) is 0 Å². The number of hydrogen-bond acceptors (Lipinski definition) is 2. The maximum atomic E-state index is 5.99. The highest BCUT2D eigenvalue weighted by Crippen LogP contribution is 2.45. The first-order chi connectivity index (χ1) is 9.79. The number of hydrogen-bond donors (Lipinski definition) is 2. The van der Waals surface area contributed by atoms with Gasteiger partial charge in [0.25, 0.3) is 0 Å². The highest BCUT2D eigenvalue weighted by atomic mass is 15.2. The molecule has 0 spiro atoms. The molecular formula is C18H32N2. The highest BCUT2D eigenvalue weighted by Gasteiger charge is 2.48. The second kappa shape index (κ2) is 5.61. The fourth-order valence-corrected chi connectivity index (χ4v) is 5.75. The summed E-state index contributed by atoms with van der Waals surface area (Å²) < 4.78 is 0. The van der Waals surface area contributed by atoms with E-state index in [4.69, 9.17) is 5.73 Å². The van der Waals surface area contributed by atoms with Crippen LogP contribution >= 0.6 is 0 Å². The third-order valence-corrected chi connectivity index (χ3v) is 6.99. The van der Waals surface area contributed by atoms with Crippen LogP contribution in [0.3, 0.4) is 0 Å². The molecule has 4 aliphatic carbocycles. The summed E-state index contributed by atoms with van der Waals surface area (Å²) in [6.07, 6.45) is 16.1. The molecule has 5 fully saturated rings. The van der Waals surface area contributed by atoms with Crippen molar-refractivity contribution in [3.05, 3.63) is 0 Å². The Balaban J connectivity index is 0.000000106. The van der Waals surface area contributed by atoms with Crippen molar-refractivity contribution in [3.8, 4) is 0 Å². The van der Waals surface area contributed by atoms with Crippen LogP contribution < -0.4 is 11.1 Å². The average molecular weight is 276 g/mol. The van der Waals surface area contributed by atoms with Crippen molar-refractivity contribution < 1.29 is 0 Å². The van der Waals surface area contributed by atoms with Gasteiger partial charge in [0, 0.05) is 18.1 Å². The molecular weight excluding hydrogens is 244 g/mol. The molecule has 7 atom stereocenters. The highest BCUT2D eigenvalue weighted by molar-refractivity contribution is 5.08. The number of nitrogens with one attached hydrogen (secondary N) is 1. The monoisotopic (exact) mass is 276 g/mol. The maximum Gasteiger partial charge on any atom is 0.0252 e. The maximum absolute atomic E-state index is 5.99. The third-order valence-electron chi connectivity index (χ3n) is 6.99. The lowest BCUT2D eigenvalue weighted by Gasteiger charge is -2.38. The Hall–Kier alpha value is -0.0800. The molecule has 7 unspecified atom stereocenters. The van der Waals surface area contributed by atoms with E-state index in [0.29, 0.717) is 6.04 Å². The summed E-state index contributed by atoms with van der Waals surface area (Å²) in [6.45, 7) is 0. The van der Waals surface area contributed by atoms with E-state index in [1.165, 1.54) is 64.2 Å². The van der Waals surface area contributed by atoms with Crippen LogP contribution in [0.15, 0.2) is 0 Å². The van der Waals surface area contributed by atoms with E-state index in [1.807, 2.05) is 0 Å². The molecule has 4 saturated carbocycles. The van der Waals surface area contributed by atoms with Gasteiger partial charge in [-0.1, -0.05) is 25.7 Å². The summed E-state index contributed by atoms with van der Waals surface area (Å²) in [6, 6.07) is 2.48. The minimum Gasteiger partial charge on any atom is -0.327 e. The summed E-state index contributed by atoms with van der Waals surface area (Å²) in [4.78, 5) is 0. The molecule has 4 bridgehead atoms. The third kappa shape index (κ3) is 2.78. The van der Waals surface area contributed by atoms with Gasteiger partial charge in [0.2, 0.25) is 0 Å². The number of rotatable bonds is 0. The summed E-state index contributed by atoms with van der Waals surface area (Å²) in [5.41, 5.74) is 5.99. The number of fused-ring (bicyclic) bond motifs is 6. The van der Waals surface area contributed by atoms with Gasteiger partial charge in [0.1, 0.15) is 0 Å². The van der Waals surface area contributed by atoms with Crippen LogP contribution in [0.2, 0.25) is 0 Å². The molecule has 0 aromatic carbocycles. The Morgan fingerprint density at radius 3 is 2.30 bits per heavy atom. The first-order valence-electron chi connectivity index (χ1n) is 9.31. The van der Waals surface area contributed by atoms with Crippen LogP contribution in [0.4, 0.5) is 0 Å². The molecule has 1 aliphatic heterocycles. The zero-order valence-electron chi connectivity index (χ0n) is 12.9. The van der Waals surface area contributed by atoms with Gasteiger partial charge in [-0.2, -0.15) is 0 Å². The molecule has 2 heteroatoms. The van der Waals surface area contributed by atoms with Crippen molar-refractivity contribution >= 4 is 0 Å². The summed E-state index contributed by atoms with van der Waals surface area (Å²) >= 11 is 0. The van der Waals surface area contributed by atoms with Gasteiger partial charge in [-0.05, 0) is 68.6 Å². The zero-order valence-corrected chi connectivity index (χ0v) is 12.9. The Morgan fingerprint density at radius 1 is 0.700 bits per heavy atom. The fourth-order valence-electron chi connectivity index (χ4n) is 5.75. The van der Waals surface area contributed by atoms with Gasteiger partial charge >= 0.3 is 0 Å². The summed E-state index contributed by atoms with van der Waals surface area (Å²) in [7, 11) is 0. The van der Waals surface area contributed by atoms with Crippen LogP contribution in [0.1, 0.15) is 70.6 Å². The van der Waals surface area contributed by atoms with Crippen molar-refractivity contribution in [2.45, 2.75) is 88.8 Å². The quantitative estimate of drug-likeness (QED) is 0.666. The van der Waals surface area contributed by atoms with Crippen LogP contribution in [-0.2, 0) is 0 Å². The van der Waals surface area contributed by atoms with Gasteiger partial charge < -0.3 is 11.1 Å². The Labute approximate surface area is 124 Å². The predicted octanol–water partition coefficient (Wildman–Crippen LogP) is 3.45. The molecule has 0 amide bonds. The van der Waals surface area contributed by atoms with Gasteiger partial charge in [0.05, 0.1) is 0 Å². The second-order valence-electron chi connectivity index (χ2n) is 8.36. The van der Waals surface area contributed by atoms with Crippen LogP contribution in [-0.4, -0.2) is 18.1 Å². The van der Waals surface area contributed by atoms with Gasteiger partial charge in [-0.15, -0.1) is 0 Å². The van der Waals surface area contributed by atoms with Crippen molar-refractivity contribution in [2.75, 3.05) is 0 Å². The standard InChI is InChI=1S/C9H15N.C9H17N/c1-2-6-4-7(3-1)9-8(5-6)10-9;10-9-5-4-7-2-1-3-8(9)6-7/h6-10H,1-5H2;7-9H,1-6,10H2. The lowest BCUT2D eigenvalue weighted by Crippen LogP contribution is -2.38. The normalized spacial score (nSPS) is 52.4. The minimum atomic E-state index is 0.552. The molecule has 5 aliphatic rings. The Kier molecular flexibility index (Phi) is 3.80. The van der Waals surface area contributed by atoms with E-state index in [-0.39, 0.29) is 0 Å².